The first-order valence-corrected chi connectivity index (χ1v) is 2.77. The SMILES string of the molecule is C=CCOC(F)(F)C(C)F. The van der Waals surface area contributed by atoms with E-state index in [0.29, 0.717) is 0 Å². The van der Waals surface area contributed by atoms with Gasteiger partial charge < -0.3 is 4.74 Å². The highest BCUT2D eigenvalue weighted by molar-refractivity contribution is 4.68. The van der Waals surface area contributed by atoms with Crippen molar-refractivity contribution in [3.8, 4) is 0 Å². The summed E-state index contributed by atoms with van der Waals surface area (Å²) in [5.74, 6) is 0. The smallest absolute Gasteiger partial charge is 0.314 e. The van der Waals surface area contributed by atoms with E-state index in [9.17, 15) is 13.2 Å². The summed E-state index contributed by atoms with van der Waals surface area (Å²) in [5, 5.41) is 0. The fourth-order valence-corrected chi connectivity index (χ4v) is 0.285. The summed E-state index contributed by atoms with van der Waals surface area (Å²) in [6, 6.07) is 0. The van der Waals surface area contributed by atoms with E-state index in [1.54, 1.807) is 0 Å². The molecule has 0 aromatic rings. The molecule has 60 valence electrons. The van der Waals surface area contributed by atoms with Crippen molar-refractivity contribution in [1.29, 1.82) is 0 Å². The van der Waals surface area contributed by atoms with Crippen LogP contribution in [0.15, 0.2) is 12.7 Å². The van der Waals surface area contributed by atoms with Gasteiger partial charge in [0.15, 0.2) is 6.17 Å². The van der Waals surface area contributed by atoms with E-state index in [1.807, 2.05) is 0 Å². The van der Waals surface area contributed by atoms with Gasteiger partial charge in [-0.05, 0) is 6.92 Å². The molecule has 0 amide bonds. The van der Waals surface area contributed by atoms with Gasteiger partial charge in [0, 0.05) is 0 Å². The summed E-state index contributed by atoms with van der Waals surface area (Å²) in [7, 11) is 0. The number of alkyl halides is 3. The van der Waals surface area contributed by atoms with Crippen molar-refractivity contribution in [2.45, 2.75) is 19.2 Å². The van der Waals surface area contributed by atoms with Crippen LogP contribution in [0.1, 0.15) is 6.92 Å². The molecule has 1 nitrogen and oxygen atoms in total. The second-order valence-electron chi connectivity index (χ2n) is 1.78. The average molecular weight is 154 g/mol. The maximum absolute atomic E-state index is 12.1. The van der Waals surface area contributed by atoms with Crippen LogP contribution in [0, 0.1) is 0 Å². The summed E-state index contributed by atoms with van der Waals surface area (Å²) in [5.41, 5.74) is 0. The Morgan fingerprint density at radius 2 is 2.20 bits per heavy atom. The molecule has 1 unspecified atom stereocenters. The monoisotopic (exact) mass is 154 g/mol. The number of hydrogen-bond acceptors (Lipinski definition) is 1. The number of hydrogen-bond donors (Lipinski definition) is 0. The van der Waals surface area contributed by atoms with E-state index in [2.05, 4.69) is 11.3 Å². The maximum atomic E-state index is 12.1. The van der Waals surface area contributed by atoms with E-state index in [1.165, 1.54) is 0 Å². The van der Waals surface area contributed by atoms with Gasteiger partial charge in [0.2, 0.25) is 0 Å². The van der Waals surface area contributed by atoms with Crippen LogP contribution in [0.25, 0.3) is 0 Å². The molecule has 0 bridgehead atoms. The Morgan fingerprint density at radius 1 is 1.70 bits per heavy atom. The van der Waals surface area contributed by atoms with E-state index < -0.39 is 12.3 Å². The van der Waals surface area contributed by atoms with Crippen LogP contribution in [-0.4, -0.2) is 18.9 Å². The Kier molecular flexibility index (Phi) is 3.42. The van der Waals surface area contributed by atoms with Crippen molar-refractivity contribution >= 4 is 0 Å². The summed E-state index contributed by atoms with van der Waals surface area (Å²) in [6.45, 7) is 3.54. The predicted molar refractivity (Wildman–Crippen MR) is 31.7 cm³/mol. The van der Waals surface area contributed by atoms with E-state index in [0.717, 1.165) is 13.0 Å². The van der Waals surface area contributed by atoms with Gasteiger partial charge in [0.1, 0.15) is 0 Å². The maximum Gasteiger partial charge on any atom is 0.386 e. The van der Waals surface area contributed by atoms with Gasteiger partial charge in [-0.1, -0.05) is 6.08 Å². The zero-order valence-corrected chi connectivity index (χ0v) is 5.61. The van der Waals surface area contributed by atoms with E-state index >= 15 is 0 Å². The van der Waals surface area contributed by atoms with E-state index in [-0.39, 0.29) is 6.61 Å². The third-order valence-electron chi connectivity index (χ3n) is 0.857. The lowest BCUT2D eigenvalue weighted by atomic mass is 10.4. The zero-order valence-electron chi connectivity index (χ0n) is 5.61. The Morgan fingerprint density at radius 3 is 2.50 bits per heavy atom. The fraction of sp³-hybridized carbons (Fsp3) is 0.667. The lowest BCUT2D eigenvalue weighted by molar-refractivity contribution is -0.264. The Labute approximate surface area is 57.5 Å². The minimum absolute atomic E-state index is 0.346. The molecule has 4 heteroatoms. The van der Waals surface area contributed by atoms with Crippen molar-refractivity contribution < 1.29 is 17.9 Å². The Hall–Kier alpha value is -0.510. The molecule has 0 spiro atoms. The van der Waals surface area contributed by atoms with Gasteiger partial charge in [0.05, 0.1) is 6.61 Å². The van der Waals surface area contributed by atoms with Gasteiger partial charge in [0.25, 0.3) is 0 Å². The highest BCUT2D eigenvalue weighted by Gasteiger charge is 2.37. The minimum Gasteiger partial charge on any atom is -0.314 e. The average Bonchev–Trinajstić information content (AvgIpc) is 1.84. The third-order valence-corrected chi connectivity index (χ3v) is 0.857. The zero-order chi connectivity index (χ0) is 8.20. The second-order valence-corrected chi connectivity index (χ2v) is 1.78. The molecule has 0 aliphatic heterocycles. The van der Waals surface area contributed by atoms with Crippen LogP contribution < -0.4 is 0 Å². The molecule has 0 saturated heterocycles. The van der Waals surface area contributed by atoms with Crippen LogP contribution in [-0.2, 0) is 4.74 Å². The van der Waals surface area contributed by atoms with Crippen molar-refractivity contribution in [3.05, 3.63) is 12.7 Å². The fourth-order valence-electron chi connectivity index (χ4n) is 0.285. The first kappa shape index (κ1) is 9.49. The van der Waals surface area contributed by atoms with Crippen LogP contribution >= 0.6 is 0 Å². The molecule has 0 aromatic heterocycles. The summed E-state index contributed by atoms with van der Waals surface area (Å²) >= 11 is 0. The molecule has 0 radical (unpaired) electrons. The molecule has 0 rings (SSSR count). The van der Waals surface area contributed by atoms with Crippen LogP contribution in [0.5, 0.6) is 0 Å². The first-order chi connectivity index (χ1) is 4.50. The quantitative estimate of drug-likeness (QED) is 0.563. The summed E-state index contributed by atoms with van der Waals surface area (Å²) < 4.78 is 39.9. The van der Waals surface area contributed by atoms with Crippen LogP contribution in [0.2, 0.25) is 0 Å². The normalized spacial score (nSPS) is 14.8. The predicted octanol–water partition coefficient (Wildman–Crippen LogP) is 2.14. The lowest BCUT2D eigenvalue weighted by Gasteiger charge is -2.16. The Balaban J connectivity index is 3.74. The molecule has 0 N–H and O–H groups in total. The van der Waals surface area contributed by atoms with Gasteiger partial charge in [-0.2, -0.15) is 8.78 Å². The molecule has 0 fully saturated rings. The van der Waals surface area contributed by atoms with Crippen molar-refractivity contribution in [2.75, 3.05) is 6.61 Å². The topological polar surface area (TPSA) is 9.23 Å². The molecule has 0 aliphatic carbocycles. The molecule has 10 heavy (non-hydrogen) atoms. The van der Waals surface area contributed by atoms with E-state index in [4.69, 9.17) is 0 Å². The molecule has 1 atom stereocenters. The first-order valence-electron chi connectivity index (χ1n) is 2.77. The standard InChI is InChI=1S/C6H9F3O/c1-3-4-10-6(8,9)5(2)7/h3,5H,1,4H2,2H3. The second kappa shape index (κ2) is 3.61. The van der Waals surface area contributed by atoms with Crippen molar-refractivity contribution in [2.24, 2.45) is 0 Å². The number of rotatable bonds is 4. The molecule has 0 aromatic carbocycles. The third kappa shape index (κ3) is 2.87. The van der Waals surface area contributed by atoms with Gasteiger partial charge in [-0.15, -0.1) is 6.58 Å². The van der Waals surface area contributed by atoms with Gasteiger partial charge >= 0.3 is 6.11 Å². The largest absolute Gasteiger partial charge is 0.386 e. The van der Waals surface area contributed by atoms with Crippen molar-refractivity contribution in [1.82, 2.24) is 0 Å². The van der Waals surface area contributed by atoms with Gasteiger partial charge in [-0.3, -0.25) is 0 Å². The van der Waals surface area contributed by atoms with Crippen LogP contribution in [0.4, 0.5) is 13.2 Å². The number of halogens is 3. The summed E-state index contributed by atoms with van der Waals surface area (Å²) in [4.78, 5) is 0. The van der Waals surface area contributed by atoms with Crippen LogP contribution in [0.3, 0.4) is 0 Å². The number of ether oxygens (including phenoxy) is 1. The summed E-state index contributed by atoms with van der Waals surface area (Å²) in [6.07, 6.45) is -4.84. The molecular weight excluding hydrogens is 145 g/mol. The highest BCUT2D eigenvalue weighted by atomic mass is 19.3. The van der Waals surface area contributed by atoms with Crippen molar-refractivity contribution in [3.63, 3.8) is 0 Å². The lowest BCUT2D eigenvalue weighted by Crippen LogP contribution is -2.30. The molecule has 0 saturated carbocycles. The minimum atomic E-state index is -3.69. The molecular formula is C6H9F3O. The molecule has 0 aliphatic rings. The Bertz CT molecular complexity index is 112. The van der Waals surface area contributed by atoms with Gasteiger partial charge in [-0.25, -0.2) is 4.39 Å². The molecule has 0 heterocycles. The highest BCUT2D eigenvalue weighted by Crippen LogP contribution is 2.22.